The second-order valence-corrected chi connectivity index (χ2v) is 3.73. The van der Waals surface area contributed by atoms with Crippen LogP contribution in [0.25, 0.3) is 0 Å². The highest BCUT2D eigenvalue weighted by Gasteiger charge is 2.07. The lowest BCUT2D eigenvalue weighted by molar-refractivity contribution is -0.142. The lowest BCUT2D eigenvalue weighted by Crippen LogP contribution is -2.08. The summed E-state index contributed by atoms with van der Waals surface area (Å²) < 4.78 is 5.60. The van der Waals surface area contributed by atoms with Gasteiger partial charge in [-0.2, -0.15) is 0 Å². The predicted octanol–water partition coefficient (Wildman–Crippen LogP) is 2.26. The van der Waals surface area contributed by atoms with Gasteiger partial charge in [0.05, 0.1) is 13.0 Å². The Hall–Kier alpha value is -0.900. The van der Waals surface area contributed by atoms with E-state index < -0.39 is 0 Å². The van der Waals surface area contributed by atoms with E-state index in [4.69, 9.17) is 4.74 Å². The number of hydrogen-bond donors (Lipinski definition) is 0. The molecule has 0 amide bonds. The van der Waals surface area contributed by atoms with Gasteiger partial charge in [-0.15, -0.1) is 0 Å². The Bertz CT molecular complexity index is 339. The van der Waals surface area contributed by atoms with E-state index in [2.05, 4.69) is 20.9 Å². The summed E-state index contributed by atoms with van der Waals surface area (Å²) in [6.45, 7) is 4.14. The quantitative estimate of drug-likeness (QED) is 0.616. The van der Waals surface area contributed by atoms with Crippen LogP contribution in [0.1, 0.15) is 18.1 Å². The first-order valence-corrected chi connectivity index (χ1v) is 5.19. The fourth-order valence-electron chi connectivity index (χ4n) is 1.09. The number of halogens is 1. The van der Waals surface area contributed by atoms with Gasteiger partial charge in [0.25, 0.3) is 0 Å². The molecule has 0 N–H and O–H groups in total. The fraction of sp³-hybridized carbons (Fsp3) is 0.400. The zero-order chi connectivity index (χ0) is 10.6. The molecule has 76 valence electrons. The van der Waals surface area contributed by atoms with Crippen LogP contribution in [0.2, 0.25) is 0 Å². The number of esters is 1. The third-order valence-corrected chi connectivity index (χ3v) is 2.26. The normalized spacial score (nSPS) is 9.93. The maximum atomic E-state index is 11.2. The van der Waals surface area contributed by atoms with Crippen LogP contribution in [0, 0.1) is 6.92 Å². The third-order valence-electron chi connectivity index (χ3n) is 1.82. The SMILES string of the molecule is CCOC(=O)Cc1cc(Br)ncc1C. The van der Waals surface area contributed by atoms with Gasteiger partial charge in [-0.1, -0.05) is 0 Å². The molecule has 0 aromatic carbocycles. The maximum Gasteiger partial charge on any atom is 0.310 e. The summed E-state index contributed by atoms with van der Waals surface area (Å²) in [6.07, 6.45) is 2.04. The van der Waals surface area contributed by atoms with Crippen molar-refractivity contribution < 1.29 is 9.53 Å². The largest absolute Gasteiger partial charge is 0.466 e. The highest BCUT2D eigenvalue weighted by Crippen LogP contribution is 2.13. The van der Waals surface area contributed by atoms with E-state index >= 15 is 0 Å². The van der Waals surface area contributed by atoms with E-state index in [-0.39, 0.29) is 5.97 Å². The van der Waals surface area contributed by atoms with Crippen molar-refractivity contribution in [2.75, 3.05) is 6.61 Å². The van der Waals surface area contributed by atoms with Gasteiger partial charge in [-0.25, -0.2) is 4.98 Å². The zero-order valence-electron chi connectivity index (χ0n) is 8.21. The Morgan fingerprint density at radius 3 is 3.00 bits per heavy atom. The van der Waals surface area contributed by atoms with Gasteiger partial charge in [0.2, 0.25) is 0 Å². The summed E-state index contributed by atoms with van der Waals surface area (Å²) in [4.78, 5) is 15.3. The Morgan fingerprint density at radius 1 is 1.64 bits per heavy atom. The van der Waals surface area contributed by atoms with Gasteiger partial charge in [0.15, 0.2) is 0 Å². The number of nitrogens with zero attached hydrogens (tertiary/aromatic N) is 1. The minimum absolute atomic E-state index is 0.200. The number of carbonyl (C=O) groups excluding carboxylic acids is 1. The molecule has 0 fully saturated rings. The molecule has 0 aliphatic carbocycles. The molecule has 1 aromatic heterocycles. The van der Waals surface area contributed by atoms with E-state index in [0.717, 1.165) is 15.7 Å². The molecule has 0 saturated heterocycles. The van der Waals surface area contributed by atoms with Crippen LogP contribution in [0.3, 0.4) is 0 Å². The summed E-state index contributed by atoms with van der Waals surface area (Å²) in [6, 6.07) is 1.84. The topological polar surface area (TPSA) is 39.2 Å². The third kappa shape index (κ3) is 3.10. The summed E-state index contributed by atoms with van der Waals surface area (Å²) in [7, 11) is 0. The van der Waals surface area contributed by atoms with Crippen LogP contribution in [-0.2, 0) is 16.0 Å². The molecular weight excluding hydrogens is 246 g/mol. The average molecular weight is 258 g/mol. The van der Waals surface area contributed by atoms with Gasteiger partial charge < -0.3 is 4.74 Å². The van der Waals surface area contributed by atoms with Gasteiger partial charge in [-0.3, -0.25) is 4.79 Å². The summed E-state index contributed by atoms with van der Waals surface area (Å²) in [5.74, 6) is -0.200. The van der Waals surface area contributed by atoms with Crippen LogP contribution in [0.15, 0.2) is 16.9 Å². The Morgan fingerprint density at radius 2 is 2.36 bits per heavy atom. The Labute approximate surface area is 91.6 Å². The van der Waals surface area contributed by atoms with E-state index in [1.54, 1.807) is 13.1 Å². The van der Waals surface area contributed by atoms with Gasteiger partial charge >= 0.3 is 5.97 Å². The number of carbonyl (C=O) groups is 1. The first-order chi connectivity index (χ1) is 6.63. The van der Waals surface area contributed by atoms with E-state index in [0.29, 0.717) is 13.0 Å². The first-order valence-electron chi connectivity index (χ1n) is 4.40. The standard InChI is InChI=1S/C10H12BrNO2/c1-3-14-10(13)5-8-4-9(11)12-6-7(8)2/h4,6H,3,5H2,1-2H3. The van der Waals surface area contributed by atoms with Crippen LogP contribution in [0.4, 0.5) is 0 Å². The molecule has 1 heterocycles. The van der Waals surface area contributed by atoms with Gasteiger partial charge in [-0.05, 0) is 47.0 Å². The molecule has 0 saturated carbocycles. The minimum atomic E-state index is -0.200. The van der Waals surface area contributed by atoms with Crippen molar-refractivity contribution in [1.29, 1.82) is 0 Å². The second kappa shape index (κ2) is 5.10. The van der Waals surface area contributed by atoms with Gasteiger partial charge in [0.1, 0.15) is 4.60 Å². The van der Waals surface area contributed by atoms with Crippen LogP contribution in [-0.4, -0.2) is 17.6 Å². The predicted molar refractivity (Wildman–Crippen MR) is 57.0 cm³/mol. The van der Waals surface area contributed by atoms with E-state index in [9.17, 15) is 4.79 Å². The number of rotatable bonds is 3. The number of aryl methyl sites for hydroxylation is 1. The molecule has 0 bridgehead atoms. The van der Waals surface area contributed by atoms with Crippen molar-refractivity contribution in [3.63, 3.8) is 0 Å². The van der Waals surface area contributed by atoms with Gasteiger partial charge in [0, 0.05) is 6.20 Å². The van der Waals surface area contributed by atoms with Crippen molar-refractivity contribution in [1.82, 2.24) is 4.98 Å². The minimum Gasteiger partial charge on any atom is -0.466 e. The number of aromatic nitrogens is 1. The average Bonchev–Trinajstić information content (AvgIpc) is 2.12. The summed E-state index contributed by atoms with van der Waals surface area (Å²) >= 11 is 3.26. The molecule has 3 nitrogen and oxygen atoms in total. The summed E-state index contributed by atoms with van der Waals surface area (Å²) in [5.41, 5.74) is 1.95. The lowest BCUT2D eigenvalue weighted by atomic mass is 10.1. The Kier molecular flexibility index (Phi) is 4.07. The second-order valence-electron chi connectivity index (χ2n) is 2.92. The van der Waals surface area contributed by atoms with E-state index in [1.807, 2.05) is 13.0 Å². The summed E-state index contributed by atoms with van der Waals surface area (Å²) in [5, 5.41) is 0. The fourth-order valence-corrected chi connectivity index (χ4v) is 1.47. The highest BCUT2D eigenvalue weighted by molar-refractivity contribution is 9.10. The molecule has 4 heteroatoms. The molecule has 1 rings (SSSR count). The molecule has 0 spiro atoms. The number of ether oxygens (including phenoxy) is 1. The molecule has 0 atom stereocenters. The van der Waals surface area contributed by atoms with Crippen molar-refractivity contribution in [2.24, 2.45) is 0 Å². The van der Waals surface area contributed by atoms with Crippen LogP contribution >= 0.6 is 15.9 Å². The monoisotopic (exact) mass is 257 g/mol. The molecule has 14 heavy (non-hydrogen) atoms. The molecule has 0 radical (unpaired) electrons. The number of hydrogen-bond acceptors (Lipinski definition) is 3. The van der Waals surface area contributed by atoms with E-state index in [1.165, 1.54) is 0 Å². The lowest BCUT2D eigenvalue weighted by Gasteiger charge is -2.05. The van der Waals surface area contributed by atoms with Crippen molar-refractivity contribution in [2.45, 2.75) is 20.3 Å². The highest BCUT2D eigenvalue weighted by atomic mass is 79.9. The van der Waals surface area contributed by atoms with Crippen LogP contribution in [0.5, 0.6) is 0 Å². The molecule has 1 aromatic rings. The maximum absolute atomic E-state index is 11.2. The van der Waals surface area contributed by atoms with Crippen molar-refractivity contribution >= 4 is 21.9 Å². The van der Waals surface area contributed by atoms with Crippen molar-refractivity contribution in [3.8, 4) is 0 Å². The Balaban J connectivity index is 2.75. The number of pyridine rings is 1. The zero-order valence-corrected chi connectivity index (χ0v) is 9.80. The van der Waals surface area contributed by atoms with Crippen molar-refractivity contribution in [3.05, 3.63) is 28.0 Å². The smallest absolute Gasteiger partial charge is 0.310 e. The molecular formula is C10H12BrNO2. The molecule has 0 aliphatic heterocycles. The molecule has 0 unspecified atom stereocenters. The first kappa shape index (κ1) is 11.2. The van der Waals surface area contributed by atoms with Crippen LogP contribution < -0.4 is 0 Å². The molecule has 0 aliphatic rings.